The molecular formula is C23H19N9O2. The summed E-state index contributed by atoms with van der Waals surface area (Å²) in [5, 5.41) is 7.40. The fourth-order valence-electron chi connectivity index (χ4n) is 3.89. The van der Waals surface area contributed by atoms with E-state index >= 15 is 0 Å². The predicted octanol–water partition coefficient (Wildman–Crippen LogP) is 3.43. The van der Waals surface area contributed by atoms with Crippen LogP contribution < -0.4 is 15.0 Å². The predicted molar refractivity (Wildman–Crippen MR) is 124 cm³/mol. The van der Waals surface area contributed by atoms with Gasteiger partial charge in [0.1, 0.15) is 35.2 Å². The third kappa shape index (κ3) is 3.62. The second-order valence-corrected chi connectivity index (χ2v) is 7.91. The molecule has 0 saturated carbocycles. The topological polar surface area (TPSA) is 123 Å². The molecule has 4 aromatic heterocycles. The molecule has 168 valence electrons. The first kappa shape index (κ1) is 20.0. The van der Waals surface area contributed by atoms with E-state index in [-0.39, 0.29) is 5.91 Å². The van der Waals surface area contributed by atoms with E-state index < -0.39 is 0 Å². The van der Waals surface area contributed by atoms with E-state index in [2.05, 4.69) is 35.3 Å². The van der Waals surface area contributed by atoms with Gasteiger partial charge >= 0.3 is 0 Å². The van der Waals surface area contributed by atoms with E-state index in [0.717, 1.165) is 23.4 Å². The lowest BCUT2D eigenvalue weighted by molar-refractivity contribution is -0.117. The van der Waals surface area contributed by atoms with Crippen molar-refractivity contribution in [1.82, 2.24) is 34.5 Å². The van der Waals surface area contributed by atoms with E-state index in [0.29, 0.717) is 47.2 Å². The number of hydrogen-bond donors (Lipinski definition) is 1. The van der Waals surface area contributed by atoms with E-state index in [1.165, 1.54) is 12.7 Å². The summed E-state index contributed by atoms with van der Waals surface area (Å²) in [5.41, 5.74) is 3.60. The molecule has 1 aliphatic heterocycles. The first-order chi connectivity index (χ1) is 16.6. The summed E-state index contributed by atoms with van der Waals surface area (Å²) in [6.45, 7) is 2.58. The van der Waals surface area contributed by atoms with Gasteiger partial charge in [0.15, 0.2) is 11.5 Å². The zero-order valence-corrected chi connectivity index (χ0v) is 18.2. The number of pyridine rings is 1. The maximum atomic E-state index is 12.1. The van der Waals surface area contributed by atoms with Crippen molar-refractivity contribution in [3.63, 3.8) is 0 Å². The summed E-state index contributed by atoms with van der Waals surface area (Å²) >= 11 is 0. The quantitative estimate of drug-likeness (QED) is 0.426. The number of nitrogens with zero attached hydrogens (tertiary/aromatic N) is 8. The Bertz CT molecular complexity index is 1550. The molecular weight excluding hydrogens is 434 g/mol. The van der Waals surface area contributed by atoms with Crippen molar-refractivity contribution in [3.8, 4) is 11.5 Å². The van der Waals surface area contributed by atoms with E-state index in [1.54, 1.807) is 21.8 Å². The van der Waals surface area contributed by atoms with Crippen LogP contribution in [-0.4, -0.2) is 47.0 Å². The van der Waals surface area contributed by atoms with Crippen LogP contribution in [0.3, 0.4) is 0 Å². The molecule has 5 heterocycles. The van der Waals surface area contributed by atoms with Gasteiger partial charge in [-0.25, -0.2) is 29.4 Å². The summed E-state index contributed by atoms with van der Waals surface area (Å²) in [4.78, 5) is 35.4. The van der Waals surface area contributed by atoms with E-state index in [9.17, 15) is 4.79 Å². The molecule has 1 aliphatic rings. The monoisotopic (exact) mass is 453 g/mol. The number of aromatic nitrogens is 7. The molecule has 0 atom stereocenters. The molecule has 34 heavy (non-hydrogen) atoms. The first-order valence-electron chi connectivity index (χ1n) is 10.8. The van der Waals surface area contributed by atoms with Crippen molar-refractivity contribution in [1.29, 1.82) is 0 Å². The van der Waals surface area contributed by atoms with Crippen LogP contribution in [0.15, 0.2) is 55.4 Å². The van der Waals surface area contributed by atoms with Crippen molar-refractivity contribution < 1.29 is 9.53 Å². The number of amides is 1. The van der Waals surface area contributed by atoms with E-state index in [4.69, 9.17) is 4.74 Å². The van der Waals surface area contributed by atoms with Gasteiger partial charge in [-0.2, -0.15) is 5.10 Å². The number of rotatable bonds is 5. The smallest absolute Gasteiger partial charge is 0.232 e. The van der Waals surface area contributed by atoms with Crippen molar-refractivity contribution in [2.75, 3.05) is 16.8 Å². The molecule has 0 radical (unpaired) electrons. The first-order valence-corrected chi connectivity index (χ1v) is 10.8. The van der Waals surface area contributed by atoms with E-state index in [1.807, 2.05) is 37.3 Å². The number of aryl methyl sites for hydroxylation is 1. The molecule has 0 unspecified atom stereocenters. The molecule has 0 spiro atoms. The molecule has 6 rings (SSSR count). The van der Waals surface area contributed by atoms with Gasteiger partial charge in [-0.3, -0.25) is 9.69 Å². The molecule has 1 fully saturated rings. The Kier molecular flexibility index (Phi) is 4.72. The number of hydrogen-bond acceptors (Lipinski definition) is 9. The van der Waals surface area contributed by atoms with Gasteiger partial charge in [-0.15, -0.1) is 0 Å². The highest BCUT2D eigenvalue weighted by atomic mass is 16.5. The van der Waals surface area contributed by atoms with Crippen LogP contribution in [0.4, 0.5) is 17.5 Å². The van der Waals surface area contributed by atoms with Crippen LogP contribution in [0.2, 0.25) is 0 Å². The lowest BCUT2D eigenvalue weighted by Gasteiger charge is -2.15. The van der Waals surface area contributed by atoms with Gasteiger partial charge in [0, 0.05) is 30.9 Å². The average Bonchev–Trinajstić information content (AvgIpc) is 3.49. The summed E-state index contributed by atoms with van der Waals surface area (Å²) in [6, 6.07) is 9.41. The minimum absolute atomic E-state index is 0.0279. The number of ether oxygens (including phenoxy) is 1. The Morgan fingerprint density at radius 1 is 1.06 bits per heavy atom. The lowest BCUT2D eigenvalue weighted by Crippen LogP contribution is -2.25. The van der Waals surface area contributed by atoms with Gasteiger partial charge in [0.05, 0.1) is 6.20 Å². The zero-order chi connectivity index (χ0) is 23.1. The van der Waals surface area contributed by atoms with Crippen molar-refractivity contribution in [2.24, 2.45) is 0 Å². The molecule has 11 heteroatoms. The summed E-state index contributed by atoms with van der Waals surface area (Å²) in [5.74, 6) is 2.33. The van der Waals surface area contributed by atoms with Gasteiger partial charge < -0.3 is 10.1 Å². The minimum atomic E-state index is 0.0279. The maximum Gasteiger partial charge on any atom is 0.232 e. The Balaban J connectivity index is 1.27. The molecule has 5 aromatic rings. The molecule has 11 nitrogen and oxygen atoms in total. The Labute approximate surface area is 193 Å². The van der Waals surface area contributed by atoms with Crippen LogP contribution in [0.5, 0.6) is 11.5 Å². The number of benzene rings is 1. The molecule has 1 N–H and O–H groups in total. The van der Waals surface area contributed by atoms with Gasteiger partial charge in [0.25, 0.3) is 0 Å². The Morgan fingerprint density at radius 3 is 2.85 bits per heavy atom. The highest BCUT2D eigenvalue weighted by molar-refractivity contribution is 5.95. The second-order valence-electron chi connectivity index (χ2n) is 7.91. The average molecular weight is 453 g/mol. The third-order valence-electron chi connectivity index (χ3n) is 5.60. The Hall–Kier alpha value is -4.67. The fourth-order valence-corrected chi connectivity index (χ4v) is 3.89. The standard InChI is InChI=1S/C23H19N9O2/c1-14-9-15(4-5-18(14)34-16-6-8-32-19(10-16)26-13-28-32)29-22-21-17(25-12-27-22)11-24-23(30-21)31-7-2-3-20(31)33/h4-6,8-13H,2-3,7H2,1H3,(H,25,27,29). The van der Waals surface area contributed by atoms with Crippen LogP contribution >= 0.6 is 0 Å². The van der Waals surface area contributed by atoms with Crippen molar-refractivity contribution in [2.45, 2.75) is 19.8 Å². The summed E-state index contributed by atoms with van der Waals surface area (Å²) in [6.07, 6.45) is 7.69. The van der Waals surface area contributed by atoms with Crippen molar-refractivity contribution in [3.05, 3.63) is 60.9 Å². The molecule has 1 saturated heterocycles. The second kappa shape index (κ2) is 8.03. The van der Waals surface area contributed by atoms with Gasteiger partial charge in [-0.1, -0.05) is 0 Å². The summed E-state index contributed by atoms with van der Waals surface area (Å²) < 4.78 is 7.73. The van der Waals surface area contributed by atoms with Gasteiger partial charge in [-0.05, 0) is 43.2 Å². The number of carbonyl (C=O) groups excluding carboxylic acids is 1. The fraction of sp³-hybridized carbons (Fsp3) is 0.174. The van der Waals surface area contributed by atoms with Crippen LogP contribution in [0, 0.1) is 6.92 Å². The molecule has 0 aliphatic carbocycles. The number of anilines is 3. The van der Waals surface area contributed by atoms with Crippen LogP contribution in [0.25, 0.3) is 16.7 Å². The molecule has 1 amide bonds. The zero-order valence-electron chi connectivity index (χ0n) is 18.2. The molecule has 1 aromatic carbocycles. The number of carbonyl (C=O) groups is 1. The highest BCUT2D eigenvalue weighted by Gasteiger charge is 2.24. The minimum Gasteiger partial charge on any atom is -0.457 e. The van der Waals surface area contributed by atoms with Gasteiger partial charge in [0.2, 0.25) is 11.9 Å². The summed E-state index contributed by atoms with van der Waals surface area (Å²) in [7, 11) is 0. The maximum absolute atomic E-state index is 12.1. The Morgan fingerprint density at radius 2 is 2.00 bits per heavy atom. The van der Waals surface area contributed by atoms with Crippen LogP contribution in [-0.2, 0) is 4.79 Å². The van der Waals surface area contributed by atoms with Crippen LogP contribution in [0.1, 0.15) is 18.4 Å². The SMILES string of the molecule is Cc1cc(Nc2ncnc3cnc(N4CCCC4=O)nc23)ccc1Oc1ccn2ncnc2c1. The molecule has 0 bridgehead atoms. The number of fused-ring (bicyclic) bond motifs is 2. The largest absolute Gasteiger partial charge is 0.457 e. The number of nitrogens with one attached hydrogen (secondary N) is 1. The van der Waals surface area contributed by atoms with Crippen molar-refractivity contribution >= 4 is 40.0 Å². The highest BCUT2D eigenvalue weighted by Crippen LogP contribution is 2.30. The third-order valence-corrected chi connectivity index (χ3v) is 5.60. The lowest BCUT2D eigenvalue weighted by atomic mass is 10.2. The normalized spacial score (nSPS) is 13.7.